The topological polar surface area (TPSA) is 51.1 Å². The third kappa shape index (κ3) is 4.52. The molecule has 0 saturated carbocycles. The van der Waals surface area contributed by atoms with Gasteiger partial charge in [-0.15, -0.1) is 0 Å². The lowest BCUT2D eigenvalue weighted by molar-refractivity contribution is -0.122. The summed E-state index contributed by atoms with van der Waals surface area (Å²) < 4.78 is 10.4. The summed E-state index contributed by atoms with van der Waals surface area (Å²) in [6, 6.07) is 15.1. The number of benzene rings is 2. The van der Waals surface area contributed by atoms with Gasteiger partial charge in [0.15, 0.2) is 5.17 Å². The Balaban J connectivity index is 1.91. The number of thioether (sulfide) groups is 1. The Morgan fingerprint density at radius 1 is 1.07 bits per heavy atom. The molecule has 6 heteroatoms. The molecule has 0 radical (unpaired) electrons. The monoisotopic (exact) mass is 382 g/mol. The van der Waals surface area contributed by atoms with Crippen LogP contribution in [-0.2, 0) is 4.79 Å². The van der Waals surface area contributed by atoms with Crippen molar-refractivity contribution in [1.29, 1.82) is 0 Å². The van der Waals surface area contributed by atoms with E-state index in [1.165, 1.54) is 11.8 Å². The molecule has 0 aromatic heterocycles. The van der Waals surface area contributed by atoms with Gasteiger partial charge in [0.25, 0.3) is 5.91 Å². The van der Waals surface area contributed by atoms with Crippen LogP contribution in [0.1, 0.15) is 18.9 Å². The van der Waals surface area contributed by atoms with Gasteiger partial charge in [-0.1, -0.05) is 19.1 Å². The molecule has 0 N–H and O–H groups in total. The van der Waals surface area contributed by atoms with Gasteiger partial charge in [-0.2, -0.15) is 0 Å². The fourth-order valence-electron chi connectivity index (χ4n) is 2.66. The van der Waals surface area contributed by atoms with E-state index in [2.05, 4.69) is 4.99 Å². The fraction of sp³-hybridized carbons (Fsp3) is 0.238. The minimum atomic E-state index is -0.0167. The third-order valence-corrected chi connectivity index (χ3v) is 5.03. The summed E-state index contributed by atoms with van der Waals surface area (Å²) >= 11 is 1.40. The van der Waals surface area contributed by atoms with Crippen LogP contribution >= 0.6 is 11.8 Å². The van der Waals surface area contributed by atoms with Gasteiger partial charge in [0, 0.05) is 6.54 Å². The number of hydrogen-bond acceptors (Lipinski definition) is 5. The van der Waals surface area contributed by atoms with Gasteiger partial charge in [-0.05, 0) is 66.2 Å². The molecule has 3 rings (SSSR count). The van der Waals surface area contributed by atoms with E-state index in [-0.39, 0.29) is 5.91 Å². The van der Waals surface area contributed by atoms with Crippen molar-refractivity contribution < 1.29 is 14.3 Å². The highest BCUT2D eigenvalue weighted by Crippen LogP contribution is 2.34. The standard InChI is InChI=1S/C21H22N2O3S/c1-4-12-23-20(24)19(14-15-6-5-7-18(13-15)26-3)27-21(23)22-16-8-10-17(25-2)11-9-16/h5-11,13-14H,4,12H2,1-3H3/b19-14-,22-21?. The van der Waals surface area contributed by atoms with Crippen molar-refractivity contribution in [3.63, 3.8) is 0 Å². The van der Waals surface area contributed by atoms with Crippen molar-refractivity contribution in [3.05, 3.63) is 59.0 Å². The molecule has 0 aliphatic carbocycles. The largest absolute Gasteiger partial charge is 0.497 e. The Bertz CT molecular complexity index is 875. The normalized spacial score (nSPS) is 17.0. The van der Waals surface area contributed by atoms with E-state index < -0.39 is 0 Å². The number of amidine groups is 1. The maximum absolute atomic E-state index is 12.9. The predicted octanol–water partition coefficient (Wildman–Crippen LogP) is 4.72. The fourth-order valence-corrected chi connectivity index (χ4v) is 3.69. The van der Waals surface area contributed by atoms with Crippen molar-refractivity contribution in [1.82, 2.24) is 4.90 Å². The Morgan fingerprint density at radius 3 is 2.48 bits per heavy atom. The highest BCUT2D eigenvalue weighted by Gasteiger charge is 2.32. The molecule has 0 spiro atoms. The highest BCUT2D eigenvalue weighted by atomic mass is 32.2. The van der Waals surface area contributed by atoms with Gasteiger partial charge < -0.3 is 9.47 Å². The number of amides is 1. The van der Waals surface area contributed by atoms with Gasteiger partial charge >= 0.3 is 0 Å². The summed E-state index contributed by atoms with van der Waals surface area (Å²) in [4.78, 5) is 19.9. The SMILES string of the molecule is CCCN1C(=O)/C(=C/c2cccc(OC)c2)SC1=Nc1ccc(OC)cc1. The van der Waals surface area contributed by atoms with E-state index in [9.17, 15) is 4.79 Å². The van der Waals surface area contributed by atoms with Crippen LogP contribution in [-0.4, -0.2) is 36.7 Å². The molecule has 2 aromatic carbocycles. The first-order valence-corrected chi connectivity index (χ1v) is 9.54. The number of ether oxygens (including phenoxy) is 2. The number of rotatable bonds is 6. The molecule has 0 atom stereocenters. The Labute approximate surface area is 163 Å². The second-order valence-electron chi connectivity index (χ2n) is 5.94. The molecular formula is C21H22N2O3S. The van der Waals surface area contributed by atoms with Crippen LogP contribution in [0.4, 0.5) is 5.69 Å². The van der Waals surface area contributed by atoms with Crippen LogP contribution < -0.4 is 9.47 Å². The molecule has 140 valence electrons. The second kappa shape index (κ2) is 8.77. The summed E-state index contributed by atoms with van der Waals surface area (Å²) in [6.07, 6.45) is 2.75. The number of methoxy groups -OCH3 is 2. The molecule has 27 heavy (non-hydrogen) atoms. The zero-order chi connectivity index (χ0) is 19.2. The van der Waals surface area contributed by atoms with Crippen LogP contribution in [0.3, 0.4) is 0 Å². The Hall–Kier alpha value is -2.73. The predicted molar refractivity (Wildman–Crippen MR) is 111 cm³/mol. The molecule has 0 unspecified atom stereocenters. The summed E-state index contributed by atoms with van der Waals surface area (Å²) in [6.45, 7) is 2.68. The van der Waals surface area contributed by atoms with Crippen LogP contribution in [0.2, 0.25) is 0 Å². The molecule has 0 bridgehead atoms. The van der Waals surface area contributed by atoms with Gasteiger partial charge in [0.1, 0.15) is 11.5 Å². The van der Waals surface area contributed by atoms with E-state index in [1.54, 1.807) is 19.1 Å². The van der Waals surface area contributed by atoms with Crippen molar-refractivity contribution in [2.45, 2.75) is 13.3 Å². The van der Waals surface area contributed by atoms with Crippen molar-refractivity contribution in [2.24, 2.45) is 4.99 Å². The summed E-state index contributed by atoms with van der Waals surface area (Å²) in [7, 11) is 3.26. The van der Waals surface area contributed by atoms with Crippen molar-refractivity contribution in [3.8, 4) is 11.5 Å². The molecule has 1 saturated heterocycles. The summed E-state index contributed by atoms with van der Waals surface area (Å²) in [5, 5.41) is 0.696. The van der Waals surface area contributed by atoms with Gasteiger partial charge in [-0.3, -0.25) is 9.69 Å². The lowest BCUT2D eigenvalue weighted by atomic mass is 10.2. The Morgan fingerprint density at radius 2 is 1.81 bits per heavy atom. The number of nitrogens with zero attached hydrogens (tertiary/aromatic N) is 2. The van der Waals surface area contributed by atoms with Gasteiger partial charge in [0.2, 0.25) is 0 Å². The first-order valence-electron chi connectivity index (χ1n) is 8.72. The summed E-state index contributed by atoms with van der Waals surface area (Å²) in [5.74, 6) is 1.52. The number of carbonyl (C=O) groups is 1. The molecule has 1 heterocycles. The number of hydrogen-bond donors (Lipinski definition) is 0. The van der Waals surface area contributed by atoms with E-state index in [4.69, 9.17) is 9.47 Å². The average Bonchev–Trinajstić information content (AvgIpc) is 2.98. The maximum atomic E-state index is 12.9. The van der Waals surface area contributed by atoms with Crippen LogP contribution in [0.5, 0.6) is 11.5 Å². The molecule has 2 aromatic rings. The molecule has 1 fully saturated rings. The number of aliphatic imine (C=N–C) groups is 1. The van der Waals surface area contributed by atoms with Gasteiger partial charge in [-0.25, -0.2) is 4.99 Å². The van der Waals surface area contributed by atoms with Crippen LogP contribution in [0.25, 0.3) is 6.08 Å². The molecule has 1 aliphatic rings. The van der Waals surface area contributed by atoms with E-state index in [0.29, 0.717) is 16.6 Å². The van der Waals surface area contributed by atoms with Crippen molar-refractivity contribution in [2.75, 3.05) is 20.8 Å². The first-order chi connectivity index (χ1) is 13.1. The van der Waals surface area contributed by atoms with Crippen LogP contribution in [0, 0.1) is 0 Å². The zero-order valence-electron chi connectivity index (χ0n) is 15.6. The van der Waals surface area contributed by atoms with E-state index in [1.807, 2.05) is 61.5 Å². The second-order valence-corrected chi connectivity index (χ2v) is 6.95. The average molecular weight is 382 g/mol. The third-order valence-electron chi connectivity index (χ3n) is 4.02. The minimum Gasteiger partial charge on any atom is -0.497 e. The molecular weight excluding hydrogens is 360 g/mol. The van der Waals surface area contributed by atoms with Crippen LogP contribution in [0.15, 0.2) is 58.4 Å². The highest BCUT2D eigenvalue weighted by molar-refractivity contribution is 8.18. The van der Waals surface area contributed by atoms with E-state index >= 15 is 0 Å². The smallest absolute Gasteiger partial charge is 0.266 e. The lowest BCUT2D eigenvalue weighted by Gasteiger charge is -2.14. The maximum Gasteiger partial charge on any atom is 0.266 e. The van der Waals surface area contributed by atoms with Gasteiger partial charge in [0.05, 0.1) is 24.8 Å². The minimum absolute atomic E-state index is 0.0167. The zero-order valence-corrected chi connectivity index (χ0v) is 16.5. The summed E-state index contributed by atoms with van der Waals surface area (Å²) in [5.41, 5.74) is 1.71. The number of carbonyl (C=O) groups excluding carboxylic acids is 1. The van der Waals surface area contributed by atoms with E-state index in [0.717, 1.165) is 29.2 Å². The quantitative estimate of drug-likeness (QED) is 0.679. The van der Waals surface area contributed by atoms with Crippen molar-refractivity contribution >= 4 is 34.6 Å². The lowest BCUT2D eigenvalue weighted by Crippen LogP contribution is -2.29. The molecule has 1 amide bonds. The first kappa shape index (κ1) is 19.0. The Kier molecular flexibility index (Phi) is 6.19. The molecule has 5 nitrogen and oxygen atoms in total. The molecule has 1 aliphatic heterocycles.